The highest BCUT2D eigenvalue weighted by Gasteiger charge is 2.31. The van der Waals surface area contributed by atoms with Gasteiger partial charge in [-0.25, -0.2) is 4.79 Å². The van der Waals surface area contributed by atoms with Crippen molar-refractivity contribution in [3.8, 4) is 0 Å². The third-order valence-corrected chi connectivity index (χ3v) is 3.58. The molecule has 1 aromatic heterocycles. The van der Waals surface area contributed by atoms with Crippen LogP contribution in [0.25, 0.3) is 0 Å². The molecule has 1 amide bonds. The number of pyridine rings is 1. The maximum atomic E-state index is 12.3. The van der Waals surface area contributed by atoms with Crippen LogP contribution >= 0.6 is 12.2 Å². The molecule has 20 heavy (non-hydrogen) atoms. The average molecular weight is 294 g/mol. The molecule has 110 valence electrons. The number of H-pyrrole nitrogens is 1. The molecular formula is C15H22N2O2S. The maximum Gasteiger partial charge on any atom is 0.410 e. The van der Waals surface area contributed by atoms with E-state index in [1.807, 2.05) is 44.0 Å². The predicted molar refractivity (Wildman–Crippen MR) is 81.2 cm³/mol. The number of hydrogen-bond donors (Lipinski definition) is 1. The van der Waals surface area contributed by atoms with Gasteiger partial charge in [0.2, 0.25) is 0 Å². The van der Waals surface area contributed by atoms with Crippen molar-refractivity contribution < 1.29 is 9.53 Å². The SMILES string of the molecule is CC(C)(C)OC(=O)N1CCCC[C@@H]1c1ccc(=S)[nH]c1. The monoisotopic (exact) mass is 294 g/mol. The van der Waals surface area contributed by atoms with E-state index in [-0.39, 0.29) is 12.1 Å². The van der Waals surface area contributed by atoms with Crippen molar-refractivity contribution in [3.63, 3.8) is 0 Å². The molecule has 1 saturated heterocycles. The molecule has 0 aromatic carbocycles. The van der Waals surface area contributed by atoms with Gasteiger partial charge in [-0.05, 0) is 51.7 Å². The first-order valence-corrected chi connectivity index (χ1v) is 7.46. The summed E-state index contributed by atoms with van der Waals surface area (Å²) >= 11 is 5.06. The lowest BCUT2D eigenvalue weighted by Crippen LogP contribution is -2.41. The van der Waals surface area contributed by atoms with E-state index in [1.54, 1.807) is 0 Å². The maximum absolute atomic E-state index is 12.3. The molecule has 0 saturated carbocycles. The fraction of sp³-hybridized carbons (Fsp3) is 0.600. The van der Waals surface area contributed by atoms with Gasteiger partial charge in [0, 0.05) is 12.7 Å². The number of amides is 1. The summed E-state index contributed by atoms with van der Waals surface area (Å²) in [4.78, 5) is 17.2. The minimum atomic E-state index is -0.463. The van der Waals surface area contributed by atoms with E-state index >= 15 is 0 Å². The van der Waals surface area contributed by atoms with Crippen molar-refractivity contribution in [2.75, 3.05) is 6.54 Å². The zero-order valence-electron chi connectivity index (χ0n) is 12.3. The number of ether oxygens (including phenoxy) is 1. The van der Waals surface area contributed by atoms with Crippen LogP contribution in [-0.2, 0) is 4.74 Å². The van der Waals surface area contributed by atoms with Crippen LogP contribution < -0.4 is 0 Å². The molecule has 2 rings (SSSR count). The normalized spacial score (nSPS) is 19.8. The Hall–Kier alpha value is -1.36. The Balaban J connectivity index is 2.18. The first kappa shape index (κ1) is 15.0. The number of aromatic amines is 1. The highest BCUT2D eigenvalue weighted by Crippen LogP contribution is 2.31. The number of nitrogens with zero attached hydrogens (tertiary/aromatic N) is 1. The summed E-state index contributed by atoms with van der Waals surface area (Å²) in [5, 5.41) is 0. The molecule has 0 radical (unpaired) electrons. The van der Waals surface area contributed by atoms with Crippen LogP contribution in [-0.4, -0.2) is 28.1 Å². The van der Waals surface area contributed by atoms with Gasteiger partial charge in [0.25, 0.3) is 0 Å². The van der Waals surface area contributed by atoms with Crippen molar-refractivity contribution in [1.82, 2.24) is 9.88 Å². The molecule has 1 aliphatic rings. The molecule has 0 spiro atoms. The Kier molecular flexibility index (Phi) is 4.48. The number of likely N-dealkylation sites (tertiary alicyclic amines) is 1. The van der Waals surface area contributed by atoms with Crippen LogP contribution in [0.4, 0.5) is 4.79 Å². The number of hydrogen-bond acceptors (Lipinski definition) is 3. The second kappa shape index (κ2) is 5.95. The van der Waals surface area contributed by atoms with E-state index in [4.69, 9.17) is 17.0 Å². The van der Waals surface area contributed by atoms with E-state index in [9.17, 15) is 4.79 Å². The molecule has 0 bridgehead atoms. The number of piperidine rings is 1. The lowest BCUT2D eigenvalue weighted by Gasteiger charge is -2.36. The van der Waals surface area contributed by atoms with Gasteiger partial charge < -0.3 is 14.6 Å². The Labute approximate surface area is 125 Å². The third-order valence-electron chi connectivity index (χ3n) is 3.32. The largest absolute Gasteiger partial charge is 0.444 e. The van der Waals surface area contributed by atoms with E-state index in [0.717, 1.165) is 31.4 Å². The number of aromatic nitrogens is 1. The summed E-state index contributed by atoms with van der Waals surface area (Å²) in [6.07, 6.45) is 4.78. The summed E-state index contributed by atoms with van der Waals surface area (Å²) in [5.41, 5.74) is 0.625. The van der Waals surface area contributed by atoms with Gasteiger partial charge in [0.15, 0.2) is 0 Å². The number of carbonyl (C=O) groups excluding carboxylic acids is 1. The summed E-state index contributed by atoms with van der Waals surface area (Å²) in [6, 6.07) is 3.93. The molecule has 2 heterocycles. The molecule has 1 fully saturated rings. The molecule has 1 N–H and O–H groups in total. The van der Waals surface area contributed by atoms with Gasteiger partial charge in [-0.3, -0.25) is 0 Å². The quantitative estimate of drug-likeness (QED) is 0.789. The van der Waals surface area contributed by atoms with Crippen molar-refractivity contribution in [1.29, 1.82) is 0 Å². The second-order valence-corrected chi connectivity index (χ2v) is 6.61. The molecule has 0 aliphatic carbocycles. The Morgan fingerprint density at radius 1 is 1.40 bits per heavy atom. The zero-order valence-corrected chi connectivity index (χ0v) is 13.1. The van der Waals surface area contributed by atoms with Crippen LogP contribution in [0, 0.1) is 4.64 Å². The summed E-state index contributed by atoms with van der Waals surface area (Å²) in [6.45, 7) is 6.42. The summed E-state index contributed by atoms with van der Waals surface area (Å²) < 4.78 is 6.21. The van der Waals surface area contributed by atoms with Crippen molar-refractivity contribution in [2.24, 2.45) is 0 Å². The molecule has 4 nitrogen and oxygen atoms in total. The first-order valence-electron chi connectivity index (χ1n) is 7.05. The molecule has 1 atom stereocenters. The van der Waals surface area contributed by atoms with Gasteiger partial charge in [-0.1, -0.05) is 18.3 Å². The second-order valence-electron chi connectivity index (χ2n) is 6.17. The van der Waals surface area contributed by atoms with E-state index in [1.165, 1.54) is 0 Å². The fourth-order valence-corrected chi connectivity index (χ4v) is 2.57. The number of rotatable bonds is 1. The van der Waals surface area contributed by atoms with Crippen LogP contribution in [0.1, 0.15) is 51.6 Å². The minimum Gasteiger partial charge on any atom is -0.444 e. The predicted octanol–water partition coefficient (Wildman–Crippen LogP) is 4.21. The van der Waals surface area contributed by atoms with E-state index in [2.05, 4.69) is 4.98 Å². The number of carbonyl (C=O) groups is 1. The van der Waals surface area contributed by atoms with Crippen molar-refractivity contribution in [2.45, 2.75) is 51.7 Å². The first-order chi connectivity index (χ1) is 9.37. The van der Waals surface area contributed by atoms with E-state index in [0.29, 0.717) is 4.64 Å². The number of nitrogens with one attached hydrogen (secondary N) is 1. The molecular weight excluding hydrogens is 272 g/mol. The highest BCUT2D eigenvalue weighted by atomic mass is 32.1. The minimum absolute atomic E-state index is 0.0745. The Morgan fingerprint density at radius 2 is 2.15 bits per heavy atom. The molecule has 5 heteroatoms. The highest BCUT2D eigenvalue weighted by molar-refractivity contribution is 7.71. The van der Waals surface area contributed by atoms with Crippen LogP contribution in [0.3, 0.4) is 0 Å². The van der Waals surface area contributed by atoms with Gasteiger partial charge in [0.05, 0.1) is 6.04 Å². The van der Waals surface area contributed by atoms with Gasteiger partial charge >= 0.3 is 6.09 Å². The van der Waals surface area contributed by atoms with Crippen LogP contribution in [0.5, 0.6) is 0 Å². The summed E-state index contributed by atoms with van der Waals surface area (Å²) in [5.74, 6) is 0. The van der Waals surface area contributed by atoms with Crippen molar-refractivity contribution >= 4 is 18.3 Å². The van der Waals surface area contributed by atoms with Crippen LogP contribution in [0.2, 0.25) is 0 Å². The Bertz CT molecular complexity index is 513. The Morgan fingerprint density at radius 3 is 2.75 bits per heavy atom. The fourth-order valence-electron chi connectivity index (χ4n) is 2.45. The molecule has 1 aromatic rings. The average Bonchev–Trinajstić information content (AvgIpc) is 2.38. The lowest BCUT2D eigenvalue weighted by molar-refractivity contribution is 0.00948. The van der Waals surface area contributed by atoms with E-state index < -0.39 is 5.60 Å². The van der Waals surface area contributed by atoms with Crippen molar-refractivity contribution in [3.05, 3.63) is 28.5 Å². The van der Waals surface area contributed by atoms with Gasteiger partial charge in [0.1, 0.15) is 10.2 Å². The zero-order chi connectivity index (χ0) is 14.8. The van der Waals surface area contributed by atoms with Crippen LogP contribution in [0.15, 0.2) is 18.3 Å². The smallest absolute Gasteiger partial charge is 0.410 e. The van der Waals surface area contributed by atoms with Gasteiger partial charge in [-0.2, -0.15) is 0 Å². The third kappa shape index (κ3) is 3.82. The van der Waals surface area contributed by atoms with Gasteiger partial charge in [-0.15, -0.1) is 0 Å². The summed E-state index contributed by atoms with van der Waals surface area (Å²) in [7, 11) is 0. The lowest BCUT2D eigenvalue weighted by atomic mass is 9.97. The molecule has 0 unspecified atom stereocenters. The topological polar surface area (TPSA) is 45.3 Å². The standard InChI is InChI=1S/C15H22N2O2S/c1-15(2,3)19-14(18)17-9-5-4-6-12(17)11-7-8-13(20)16-10-11/h7-8,10,12H,4-6,9H2,1-3H3,(H,16,20)/t12-/m1/s1. The molecule has 1 aliphatic heterocycles.